The third-order valence-corrected chi connectivity index (χ3v) is 4.24. The maximum Gasteiger partial charge on any atom is 0.186 e. The number of pyridine rings is 1. The van der Waals surface area contributed by atoms with Crippen molar-refractivity contribution in [3.63, 3.8) is 0 Å². The van der Waals surface area contributed by atoms with Gasteiger partial charge in [-0.2, -0.15) is 0 Å². The van der Waals surface area contributed by atoms with Crippen LogP contribution in [0.3, 0.4) is 0 Å². The molecule has 0 saturated heterocycles. The fourth-order valence-electron chi connectivity index (χ4n) is 1.70. The van der Waals surface area contributed by atoms with Crippen molar-refractivity contribution < 1.29 is 0 Å². The van der Waals surface area contributed by atoms with Crippen molar-refractivity contribution in [2.75, 3.05) is 7.05 Å². The van der Waals surface area contributed by atoms with E-state index in [4.69, 9.17) is 0 Å². The summed E-state index contributed by atoms with van der Waals surface area (Å²) in [6, 6.07) is 0. The lowest BCUT2D eigenvalue weighted by Gasteiger charge is -2.04. The van der Waals surface area contributed by atoms with Gasteiger partial charge in [0.1, 0.15) is 0 Å². The molecule has 2 rings (SSSR count). The molecule has 15 heavy (non-hydrogen) atoms. The number of thiazole rings is 1. The topological polar surface area (TPSA) is 30.2 Å². The molecule has 80 valence electrons. The average molecular weight is 221 g/mol. The molecular weight excluding hydrogens is 206 g/mol. The second-order valence-corrected chi connectivity index (χ2v) is 4.74. The van der Waals surface area contributed by atoms with Gasteiger partial charge in [0.25, 0.3) is 0 Å². The van der Waals surface area contributed by atoms with E-state index in [0.717, 1.165) is 16.1 Å². The molecule has 0 spiro atoms. The van der Waals surface area contributed by atoms with E-state index >= 15 is 0 Å². The molecule has 0 unspecified atom stereocenters. The van der Waals surface area contributed by atoms with E-state index in [9.17, 15) is 0 Å². The van der Waals surface area contributed by atoms with Crippen LogP contribution in [0.15, 0.2) is 4.99 Å². The minimum absolute atomic E-state index is 1.02. The van der Waals surface area contributed by atoms with Crippen LogP contribution in [0.5, 0.6) is 0 Å². The van der Waals surface area contributed by atoms with E-state index in [1.807, 2.05) is 14.1 Å². The molecule has 0 aromatic carbocycles. The largest absolute Gasteiger partial charge is 0.305 e. The Morgan fingerprint density at radius 3 is 2.47 bits per heavy atom. The summed E-state index contributed by atoms with van der Waals surface area (Å²) in [7, 11) is 3.84. The second-order valence-electron chi connectivity index (χ2n) is 3.77. The van der Waals surface area contributed by atoms with Crippen LogP contribution in [0.2, 0.25) is 0 Å². The molecule has 0 saturated carbocycles. The molecule has 0 fully saturated rings. The summed E-state index contributed by atoms with van der Waals surface area (Å²) in [5.74, 6) is 0. The van der Waals surface area contributed by atoms with Gasteiger partial charge in [0.15, 0.2) is 10.4 Å². The van der Waals surface area contributed by atoms with Gasteiger partial charge in [-0.05, 0) is 31.9 Å². The van der Waals surface area contributed by atoms with E-state index in [1.54, 1.807) is 11.3 Å². The van der Waals surface area contributed by atoms with E-state index < -0.39 is 0 Å². The van der Waals surface area contributed by atoms with Crippen molar-refractivity contribution in [3.8, 4) is 0 Å². The number of hydrogen-bond donors (Lipinski definition) is 0. The Morgan fingerprint density at radius 1 is 1.20 bits per heavy atom. The number of fused-ring (bicyclic) bond motifs is 1. The third kappa shape index (κ3) is 1.40. The lowest BCUT2D eigenvalue weighted by atomic mass is 10.1. The Bertz CT molecular complexity index is 590. The van der Waals surface area contributed by atoms with Gasteiger partial charge in [-0.3, -0.25) is 4.99 Å². The number of hydrogen-bond acceptors (Lipinski definition) is 3. The quantitative estimate of drug-likeness (QED) is 0.670. The highest BCUT2D eigenvalue weighted by atomic mass is 32.1. The number of rotatable bonds is 0. The van der Waals surface area contributed by atoms with Gasteiger partial charge in [-0.1, -0.05) is 11.3 Å². The SMILES string of the molecule is CN=c1sc2c(C)c(C)c(C)nc2n1C. The predicted molar refractivity (Wildman–Crippen MR) is 64.3 cm³/mol. The first kappa shape index (κ1) is 10.4. The normalized spacial score (nSPS) is 12.7. The fraction of sp³-hybridized carbons (Fsp3) is 0.455. The Balaban J connectivity index is 3.03. The third-order valence-electron chi connectivity index (χ3n) is 2.91. The Morgan fingerprint density at radius 2 is 1.87 bits per heavy atom. The minimum Gasteiger partial charge on any atom is -0.305 e. The summed E-state index contributed by atoms with van der Waals surface area (Å²) in [6.45, 7) is 6.34. The average Bonchev–Trinajstić information content (AvgIpc) is 2.53. The van der Waals surface area contributed by atoms with Crippen molar-refractivity contribution in [2.24, 2.45) is 12.0 Å². The summed E-state index contributed by atoms with van der Waals surface area (Å²) in [5, 5.41) is 0. The van der Waals surface area contributed by atoms with Crippen molar-refractivity contribution >= 4 is 21.7 Å². The van der Waals surface area contributed by atoms with E-state index in [1.165, 1.54) is 15.8 Å². The summed E-state index contributed by atoms with van der Waals surface area (Å²) in [6.07, 6.45) is 0. The molecule has 0 atom stereocenters. The molecule has 2 heterocycles. The van der Waals surface area contributed by atoms with Gasteiger partial charge >= 0.3 is 0 Å². The van der Waals surface area contributed by atoms with Crippen LogP contribution in [0.4, 0.5) is 0 Å². The van der Waals surface area contributed by atoms with Gasteiger partial charge < -0.3 is 4.57 Å². The highest BCUT2D eigenvalue weighted by Crippen LogP contribution is 2.23. The van der Waals surface area contributed by atoms with Gasteiger partial charge in [0.05, 0.1) is 4.70 Å². The van der Waals surface area contributed by atoms with E-state index in [0.29, 0.717) is 0 Å². The first-order chi connectivity index (χ1) is 7.06. The van der Waals surface area contributed by atoms with Gasteiger partial charge in [-0.15, -0.1) is 0 Å². The van der Waals surface area contributed by atoms with Crippen molar-refractivity contribution in [2.45, 2.75) is 20.8 Å². The zero-order valence-electron chi connectivity index (χ0n) is 9.75. The van der Waals surface area contributed by atoms with Crippen molar-refractivity contribution in [1.82, 2.24) is 9.55 Å². The van der Waals surface area contributed by atoms with Gasteiger partial charge in [0.2, 0.25) is 0 Å². The molecule has 2 aromatic heterocycles. The summed E-state index contributed by atoms with van der Waals surface area (Å²) in [5.41, 5.74) is 4.76. The Hall–Kier alpha value is -1.16. The molecule has 3 nitrogen and oxygen atoms in total. The second kappa shape index (κ2) is 3.45. The molecule has 0 aliphatic carbocycles. The molecule has 2 aromatic rings. The first-order valence-electron chi connectivity index (χ1n) is 4.92. The minimum atomic E-state index is 1.02. The van der Waals surface area contributed by atoms with Crippen LogP contribution in [-0.2, 0) is 7.05 Å². The number of aromatic nitrogens is 2. The predicted octanol–water partition coefficient (Wildman–Crippen LogP) is 2.09. The standard InChI is InChI=1S/C11H15N3S/c1-6-7(2)9-10(13-8(6)3)14(5)11(12-4)15-9/h1-5H3. The number of nitrogens with zero attached hydrogens (tertiary/aromatic N) is 3. The molecule has 4 heteroatoms. The zero-order valence-corrected chi connectivity index (χ0v) is 10.6. The summed E-state index contributed by atoms with van der Waals surface area (Å²) in [4.78, 5) is 9.89. The molecular formula is C11H15N3S. The highest BCUT2D eigenvalue weighted by molar-refractivity contribution is 7.16. The molecule has 0 amide bonds. The summed E-state index contributed by atoms with van der Waals surface area (Å²) >= 11 is 1.71. The highest BCUT2D eigenvalue weighted by Gasteiger charge is 2.10. The first-order valence-corrected chi connectivity index (χ1v) is 5.74. The van der Waals surface area contributed by atoms with Gasteiger partial charge in [-0.25, -0.2) is 4.98 Å². The van der Waals surface area contributed by atoms with Crippen molar-refractivity contribution in [1.29, 1.82) is 0 Å². The van der Waals surface area contributed by atoms with Crippen LogP contribution in [0, 0.1) is 20.8 Å². The zero-order chi connectivity index (χ0) is 11.2. The van der Waals surface area contributed by atoms with Crippen LogP contribution >= 0.6 is 11.3 Å². The van der Waals surface area contributed by atoms with Crippen LogP contribution in [-0.4, -0.2) is 16.6 Å². The maximum atomic E-state index is 4.62. The molecule has 0 bridgehead atoms. The van der Waals surface area contributed by atoms with Crippen LogP contribution < -0.4 is 4.80 Å². The number of aryl methyl sites for hydroxylation is 3. The summed E-state index contributed by atoms with van der Waals surface area (Å²) < 4.78 is 3.31. The Kier molecular flexibility index (Phi) is 2.38. The van der Waals surface area contributed by atoms with E-state index in [-0.39, 0.29) is 0 Å². The fourth-order valence-corrected chi connectivity index (χ4v) is 2.78. The van der Waals surface area contributed by atoms with Crippen LogP contribution in [0.25, 0.3) is 10.3 Å². The van der Waals surface area contributed by atoms with E-state index in [2.05, 4.69) is 35.3 Å². The lowest BCUT2D eigenvalue weighted by molar-refractivity contribution is 0.883. The monoisotopic (exact) mass is 221 g/mol. The smallest absolute Gasteiger partial charge is 0.186 e. The van der Waals surface area contributed by atoms with Crippen molar-refractivity contribution in [3.05, 3.63) is 21.6 Å². The lowest BCUT2D eigenvalue weighted by Crippen LogP contribution is -2.10. The van der Waals surface area contributed by atoms with Gasteiger partial charge in [0, 0.05) is 19.8 Å². The van der Waals surface area contributed by atoms with Crippen LogP contribution in [0.1, 0.15) is 16.8 Å². The maximum absolute atomic E-state index is 4.62. The molecule has 0 radical (unpaired) electrons. The molecule has 0 aliphatic rings. The Labute approximate surface area is 93.1 Å². The molecule has 0 aliphatic heterocycles. The molecule has 0 N–H and O–H groups in total.